The van der Waals surface area contributed by atoms with Crippen LogP contribution in [0.25, 0.3) is 0 Å². The zero-order chi connectivity index (χ0) is 17.2. The molecule has 0 aliphatic rings. The van der Waals surface area contributed by atoms with Crippen molar-refractivity contribution in [1.29, 1.82) is 0 Å². The molecule has 0 aliphatic carbocycles. The monoisotopic (exact) mass is 322 g/mol. The Balaban J connectivity index is 1.96. The highest BCUT2D eigenvalue weighted by atomic mass is 16.5. The molecule has 126 valence electrons. The van der Waals surface area contributed by atoms with Crippen LogP contribution in [0.5, 0.6) is 0 Å². The van der Waals surface area contributed by atoms with Gasteiger partial charge in [0.1, 0.15) is 6.10 Å². The topological polar surface area (TPSA) is 26.3 Å². The Kier molecular flexibility index (Phi) is 7.44. The normalized spacial score (nSPS) is 13.2. The second-order valence-electron chi connectivity index (χ2n) is 6.09. The molecule has 0 saturated heterocycles. The van der Waals surface area contributed by atoms with Gasteiger partial charge in [-0.15, -0.1) is 6.58 Å². The van der Waals surface area contributed by atoms with E-state index in [4.69, 9.17) is 4.74 Å². The SMILES string of the molecule is C=CCCC(Cc1ccccc1)C(=O)[C@H](C)OCc1ccccc1. The number of allylic oxidation sites excluding steroid dienone is 1. The predicted octanol–water partition coefficient (Wildman–Crippen LogP) is 4.99. The minimum atomic E-state index is -0.399. The minimum absolute atomic E-state index is 0.0313. The van der Waals surface area contributed by atoms with Crippen molar-refractivity contribution in [3.63, 3.8) is 0 Å². The zero-order valence-corrected chi connectivity index (χ0v) is 14.4. The zero-order valence-electron chi connectivity index (χ0n) is 14.4. The van der Waals surface area contributed by atoms with Gasteiger partial charge in [-0.2, -0.15) is 0 Å². The molecule has 0 aromatic heterocycles. The molecule has 2 aromatic rings. The van der Waals surface area contributed by atoms with Gasteiger partial charge in [0, 0.05) is 5.92 Å². The van der Waals surface area contributed by atoms with Crippen molar-refractivity contribution in [3.8, 4) is 0 Å². The number of Topliss-reactive ketones (excluding diaryl/α,β-unsaturated/α-hetero) is 1. The maximum atomic E-state index is 12.8. The minimum Gasteiger partial charge on any atom is -0.366 e. The molecule has 0 saturated carbocycles. The molecule has 0 bridgehead atoms. The second kappa shape index (κ2) is 9.84. The van der Waals surface area contributed by atoms with Gasteiger partial charge in [0.25, 0.3) is 0 Å². The van der Waals surface area contributed by atoms with Crippen LogP contribution >= 0.6 is 0 Å². The Morgan fingerprint density at radius 1 is 1.04 bits per heavy atom. The van der Waals surface area contributed by atoms with Crippen molar-refractivity contribution < 1.29 is 9.53 Å². The highest BCUT2D eigenvalue weighted by Gasteiger charge is 2.24. The van der Waals surface area contributed by atoms with E-state index in [1.807, 2.05) is 61.5 Å². The first-order chi connectivity index (χ1) is 11.7. The lowest BCUT2D eigenvalue weighted by molar-refractivity contribution is -0.134. The van der Waals surface area contributed by atoms with E-state index in [0.29, 0.717) is 6.61 Å². The summed E-state index contributed by atoms with van der Waals surface area (Å²) in [5.74, 6) is 0.146. The average molecular weight is 322 g/mol. The molecule has 0 spiro atoms. The third-order valence-corrected chi connectivity index (χ3v) is 4.19. The van der Waals surface area contributed by atoms with E-state index in [1.165, 1.54) is 5.56 Å². The Labute approximate surface area is 145 Å². The van der Waals surface area contributed by atoms with Gasteiger partial charge in [-0.1, -0.05) is 66.7 Å². The number of rotatable bonds is 10. The van der Waals surface area contributed by atoms with E-state index in [-0.39, 0.29) is 11.7 Å². The molecule has 2 aromatic carbocycles. The molecule has 2 nitrogen and oxygen atoms in total. The highest BCUT2D eigenvalue weighted by Crippen LogP contribution is 2.19. The molecule has 2 rings (SSSR count). The van der Waals surface area contributed by atoms with E-state index in [9.17, 15) is 4.79 Å². The summed E-state index contributed by atoms with van der Waals surface area (Å²) in [6.07, 6.45) is 3.89. The number of ether oxygens (including phenoxy) is 1. The third kappa shape index (κ3) is 5.78. The maximum absolute atomic E-state index is 12.8. The van der Waals surface area contributed by atoms with Gasteiger partial charge in [-0.3, -0.25) is 4.79 Å². The smallest absolute Gasteiger partial charge is 0.164 e. The summed E-state index contributed by atoms with van der Waals surface area (Å²) in [6.45, 7) is 6.10. The first-order valence-corrected chi connectivity index (χ1v) is 8.54. The molecule has 0 amide bonds. The summed E-state index contributed by atoms with van der Waals surface area (Å²) < 4.78 is 5.81. The number of hydrogen-bond donors (Lipinski definition) is 0. The van der Waals surface area contributed by atoms with Crippen LogP contribution in [-0.4, -0.2) is 11.9 Å². The Bertz CT molecular complexity index is 619. The van der Waals surface area contributed by atoms with E-state index in [0.717, 1.165) is 24.8 Å². The van der Waals surface area contributed by atoms with Gasteiger partial charge in [-0.05, 0) is 37.3 Å². The molecule has 0 radical (unpaired) electrons. The van der Waals surface area contributed by atoms with Gasteiger partial charge in [0.05, 0.1) is 6.61 Å². The van der Waals surface area contributed by atoms with Crippen LogP contribution in [-0.2, 0) is 22.6 Å². The third-order valence-electron chi connectivity index (χ3n) is 4.19. The fourth-order valence-electron chi connectivity index (χ4n) is 2.77. The van der Waals surface area contributed by atoms with Crippen LogP contribution in [0.2, 0.25) is 0 Å². The van der Waals surface area contributed by atoms with Crippen molar-refractivity contribution in [2.45, 2.75) is 38.9 Å². The highest BCUT2D eigenvalue weighted by molar-refractivity contribution is 5.85. The first kappa shape index (κ1) is 18.2. The summed E-state index contributed by atoms with van der Waals surface area (Å²) >= 11 is 0. The number of ketones is 1. The lowest BCUT2D eigenvalue weighted by Crippen LogP contribution is -2.29. The van der Waals surface area contributed by atoms with Gasteiger partial charge >= 0.3 is 0 Å². The maximum Gasteiger partial charge on any atom is 0.164 e. The van der Waals surface area contributed by atoms with Crippen molar-refractivity contribution >= 4 is 5.78 Å². The summed E-state index contributed by atoms with van der Waals surface area (Å²) in [5.41, 5.74) is 2.28. The lowest BCUT2D eigenvalue weighted by Gasteiger charge is -2.20. The molecule has 2 atom stereocenters. The average Bonchev–Trinajstić information content (AvgIpc) is 2.64. The van der Waals surface area contributed by atoms with E-state index >= 15 is 0 Å². The van der Waals surface area contributed by atoms with E-state index in [1.54, 1.807) is 0 Å². The van der Waals surface area contributed by atoms with Crippen LogP contribution in [0.1, 0.15) is 30.9 Å². The standard InChI is InChI=1S/C22H26O2/c1-3-4-15-21(16-19-11-7-5-8-12-19)22(23)18(2)24-17-20-13-9-6-10-14-20/h3,5-14,18,21H,1,4,15-17H2,2H3/t18-,21?/m0/s1. The largest absolute Gasteiger partial charge is 0.366 e. The number of benzene rings is 2. The molecule has 0 heterocycles. The van der Waals surface area contributed by atoms with Crippen molar-refractivity contribution in [2.75, 3.05) is 0 Å². The summed E-state index contributed by atoms with van der Waals surface area (Å²) in [6, 6.07) is 20.1. The number of hydrogen-bond acceptors (Lipinski definition) is 2. The molecule has 0 N–H and O–H groups in total. The van der Waals surface area contributed by atoms with Crippen LogP contribution in [0.15, 0.2) is 73.3 Å². The van der Waals surface area contributed by atoms with Gasteiger partial charge in [0.15, 0.2) is 5.78 Å². The Morgan fingerprint density at radius 2 is 1.62 bits per heavy atom. The van der Waals surface area contributed by atoms with Crippen molar-refractivity contribution in [2.24, 2.45) is 5.92 Å². The molecule has 24 heavy (non-hydrogen) atoms. The van der Waals surface area contributed by atoms with Crippen LogP contribution in [0, 0.1) is 5.92 Å². The van der Waals surface area contributed by atoms with E-state index < -0.39 is 6.10 Å². The molecule has 1 unspecified atom stereocenters. The van der Waals surface area contributed by atoms with Gasteiger partial charge in [0.2, 0.25) is 0 Å². The fourth-order valence-corrected chi connectivity index (χ4v) is 2.77. The summed E-state index contributed by atoms with van der Waals surface area (Å²) in [7, 11) is 0. The van der Waals surface area contributed by atoms with Gasteiger partial charge in [-0.25, -0.2) is 0 Å². The van der Waals surface area contributed by atoms with Gasteiger partial charge < -0.3 is 4.74 Å². The van der Waals surface area contributed by atoms with Crippen LogP contribution in [0.3, 0.4) is 0 Å². The summed E-state index contributed by atoms with van der Waals surface area (Å²) in [5, 5.41) is 0. The van der Waals surface area contributed by atoms with Crippen molar-refractivity contribution in [1.82, 2.24) is 0 Å². The molecule has 0 aliphatic heterocycles. The number of carbonyl (C=O) groups excluding carboxylic acids is 1. The van der Waals surface area contributed by atoms with E-state index in [2.05, 4.69) is 18.7 Å². The molecular formula is C22H26O2. The second-order valence-corrected chi connectivity index (χ2v) is 6.09. The predicted molar refractivity (Wildman–Crippen MR) is 98.8 cm³/mol. The first-order valence-electron chi connectivity index (χ1n) is 8.54. The summed E-state index contributed by atoms with van der Waals surface area (Å²) in [4.78, 5) is 12.8. The molecule has 0 fully saturated rings. The Hall–Kier alpha value is -2.19. The Morgan fingerprint density at radius 3 is 2.21 bits per heavy atom. The van der Waals surface area contributed by atoms with Crippen molar-refractivity contribution in [3.05, 3.63) is 84.4 Å². The number of carbonyl (C=O) groups is 1. The lowest BCUT2D eigenvalue weighted by atomic mass is 9.89. The fraction of sp³-hybridized carbons (Fsp3) is 0.318. The quantitative estimate of drug-likeness (QED) is 0.576. The van der Waals surface area contributed by atoms with Crippen LogP contribution < -0.4 is 0 Å². The van der Waals surface area contributed by atoms with Crippen LogP contribution in [0.4, 0.5) is 0 Å². The molecule has 2 heteroatoms. The molecular weight excluding hydrogens is 296 g/mol.